The Bertz CT molecular complexity index is 667. The molecule has 2 rings (SSSR count). The van der Waals surface area contributed by atoms with Crippen LogP contribution in [0.3, 0.4) is 0 Å². The molecule has 0 unspecified atom stereocenters. The SMILES string of the molecule is N[C@@H](Cc1ccc(O)cc1)C(=O)N[C@@H](CS)C(=O)N1CCC[C@H]1C(=O)O. The summed E-state index contributed by atoms with van der Waals surface area (Å²) in [6.07, 6.45) is 1.24. The molecule has 1 aromatic rings. The molecular weight excluding hydrogens is 358 g/mol. The van der Waals surface area contributed by atoms with E-state index >= 15 is 0 Å². The van der Waals surface area contributed by atoms with Gasteiger partial charge in [-0.3, -0.25) is 9.59 Å². The number of phenolic OH excluding ortho intramolecular Hbond substituents is 1. The lowest BCUT2D eigenvalue weighted by atomic mass is 10.1. The minimum absolute atomic E-state index is 0.0410. The van der Waals surface area contributed by atoms with Crippen molar-refractivity contribution in [2.75, 3.05) is 12.3 Å². The van der Waals surface area contributed by atoms with E-state index in [1.54, 1.807) is 12.1 Å². The molecule has 1 aromatic carbocycles. The van der Waals surface area contributed by atoms with E-state index in [4.69, 9.17) is 5.73 Å². The van der Waals surface area contributed by atoms with Crippen molar-refractivity contribution in [1.29, 1.82) is 0 Å². The maximum atomic E-state index is 12.6. The number of phenols is 1. The van der Waals surface area contributed by atoms with E-state index in [9.17, 15) is 24.6 Å². The van der Waals surface area contributed by atoms with E-state index in [1.807, 2.05) is 0 Å². The number of aromatic hydroxyl groups is 1. The van der Waals surface area contributed by atoms with Crippen molar-refractivity contribution in [2.45, 2.75) is 37.4 Å². The smallest absolute Gasteiger partial charge is 0.326 e. The lowest BCUT2D eigenvalue weighted by molar-refractivity contribution is -0.149. The third-order valence-corrected chi connectivity index (χ3v) is 4.71. The Kier molecular flexibility index (Phi) is 6.87. The number of likely N-dealkylation sites (tertiary alicyclic amines) is 1. The van der Waals surface area contributed by atoms with Gasteiger partial charge in [-0.2, -0.15) is 12.6 Å². The van der Waals surface area contributed by atoms with Gasteiger partial charge in [-0.25, -0.2) is 4.79 Å². The molecule has 8 nitrogen and oxygen atoms in total. The maximum absolute atomic E-state index is 12.6. The van der Waals surface area contributed by atoms with Gasteiger partial charge in [0.15, 0.2) is 0 Å². The average Bonchev–Trinajstić information content (AvgIpc) is 3.10. The van der Waals surface area contributed by atoms with Gasteiger partial charge in [0.05, 0.1) is 6.04 Å². The molecule has 26 heavy (non-hydrogen) atoms. The summed E-state index contributed by atoms with van der Waals surface area (Å²) in [5, 5.41) is 21.0. The molecule has 1 saturated heterocycles. The number of thiol groups is 1. The molecule has 0 aromatic heterocycles. The number of carbonyl (C=O) groups is 3. The summed E-state index contributed by atoms with van der Waals surface area (Å²) in [6.45, 7) is 0.343. The van der Waals surface area contributed by atoms with Crippen LogP contribution in [-0.2, 0) is 20.8 Å². The standard InChI is InChI=1S/C17H23N3O5S/c18-12(8-10-3-5-11(21)6-4-10)15(22)19-13(9-26)16(23)20-7-1-2-14(20)17(24)25/h3-6,12-14,21,26H,1-2,7-9,18H2,(H,19,22)(H,24,25)/t12-,13-,14-/m0/s1. The molecule has 0 bridgehead atoms. The largest absolute Gasteiger partial charge is 0.508 e. The highest BCUT2D eigenvalue weighted by atomic mass is 32.1. The first-order valence-electron chi connectivity index (χ1n) is 8.31. The van der Waals surface area contributed by atoms with Crippen LogP contribution in [0.2, 0.25) is 0 Å². The van der Waals surface area contributed by atoms with E-state index < -0.39 is 35.9 Å². The lowest BCUT2D eigenvalue weighted by Gasteiger charge is -2.27. The molecule has 1 fully saturated rings. The van der Waals surface area contributed by atoms with Crippen LogP contribution in [0.5, 0.6) is 5.75 Å². The fourth-order valence-corrected chi connectivity index (χ4v) is 3.18. The maximum Gasteiger partial charge on any atom is 0.326 e. The van der Waals surface area contributed by atoms with Gasteiger partial charge in [-0.15, -0.1) is 0 Å². The highest BCUT2D eigenvalue weighted by Crippen LogP contribution is 2.19. The quantitative estimate of drug-likeness (QED) is 0.414. The van der Waals surface area contributed by atoms with Gasteiger partial charge in [-0.1, -0.05) is 12.1 Å². The number of nitrogens with one attached hydrogen (secondary N) is 1. The first kappa shape index (κ1) is 20.1. The Morgan fingerprint density at radius 3 is 2.54 bits per heavy atom. The van der Waals surface area contributed by atoms with Crippen molar-refractivity contribution in [2.24, 2.45) is 5.73 Å². The third-order valence-electron chi connectivity index (χ3n) is 4.35. The topological polar surface area (TPSA) is 133 Å². The van der Waals surface area contributed by atoms with Gasteiger partial charge in [0, 0.05) is 12.3 Å². The normalized spacial score (nSPS) is 19.0. The molecule has 1 heterocycles. The summed E-state index contributed by atoms with van der Waals surface area (Å²) < 4.78 is 0. The second-order valence-corrected chi connectivity index (χ2v) is 6.61. The van der Waals surface area contributed by atoms with Crippen molar-refractivity contribution >= 4 is 30.4 Å². The van der Waals surface area contributed by atoms with Crippen LogP contribution in [0, 0.1) is 0 Å². The molecule has 1 aliphatic rings. The number of hydrogen-bond acceptors (Lipinski definition) is 6. The van der Waals surface area contributed by atoms with Crippen molar-refractivity contribution in [3.05, 3.63) is 29.8 Å². The number of hydrogen-bond donors (Lipinski definition) is 5. The summed E-state index contributed by atoms with van der Waals surface area (Å²) >= 11 is 4.10. The van der Waals surface area contributed by atoms with Gasteiger partial charge < -0.3 is 26.2 Å². The number of benzene rings is 1. The van der Waals surface area contributed by atoms with Crippen LogP contribution in [0.15, 0.2) is 24.3 Å². The van der Waals surface area contributed by atoms with Crippen molar-refractivity contribution in [1.82, 2.24) is 10.2 Å². The van der Waals surface area contributed by atoms with Gasteiger partial charge in [-0.05, 0) is 37.0 Å². The molecule has 0 radical (unpaired) electrons. The van der Waals surface area contributed by atoms with Gasteiger partial charge in [0.25, 0.3) is 0 Å². The highest BCUT2D eigenvalue weighted by Gasteiger charge is 2.37. The number of carbonyl (C=O) groups excluding carboxylic acids is 2. The Morgan fingerprint density at radius 2 is 1.96 bits per heavy atom. The summed E-state index contributed by atoms with van der Waals surface area (Å²) in [5.41, 5.74) is 6.67. The molecular formula is C17H23N3O5S. The number of carboxylic acids is 1. The number of rotatable bonds is 7. The van der Waals surface area contributed by atoms with Gasteiger partial charge in [0.2, 0.25) is 11.8 Å². The van der Waals surface area contributed by atoms with E-state index in [2.05, 4.69) is 17.9 Å². The second-order valence-electron chi connectivity index (χ2n) is 6.25. The molecule has 9 heteroatoms. The Morgan fingerprint density at radius 1 is 1.31 bits per heavy atom. The second kappa shape index (κ2) is 8.91. The van der Waals surface area contributed by atoms with E-state index in [-0.39, 0.29) is 17.9 Å². The van der Waals surface area contributed by atoms with Gasteiger partial charge in [0.1, 0.15) is 17.8 Å². The lowest BCUT2D eigenvalue weighted by Crippen LogP contribution is -2.55. The van der Waals surface area contributed by atoms with E-state index in [0.717, 1.165) is 5.56 Å². The van der Waals surface area contributed by atoms with Crippen LogP contribution in [-0.4, -0.2) is 63.3 Å². The van der Waals surface area contributed by atoms with Crippen LogP contribution in [0.25, 0.3) is 0 Å². The first-order valence-corrected chi connectivity index (χ1v) is 8.94. The van der Waals surface area contributed by atoms with E-state index in [1.165, 1.54) is 17.0 Å². The Labute approximate surface area is 156 Å². The molecule has 3 atom stereocenters. The molecule has 142 valence electrons. The fraction of sp³-hybridized carbons (Fsp3) is 0.471. The highest BCUT2D eigenvalue weighted by molar-refractivity contribution is 7.80. The monoisotopic (exact) mass is 381 g/mol. The van der Waals surface area contributed by atoms with Crippen LogP contribution < -0.4 is 11.1 Å². The van der Waals surface area contributed by atoms with E-state index in [0.29, 0.717) is 19.4 Å². The molecule has 2 amide bonds. The number of nitrogens with two attached hydrogens (primary N) is 1. The number of aliphatic carboxylic acids is 1. The van der Waals surface area contributed by atoms with Crippen molar-refractivity contribution in [3.63, 3.8) is 0 Å². The zero-order valence-corrected chi connectivity index (χ0v) is 15.1. The number of amides is 2. The fourth-order valence-electron chi connectivity index (χ4n) is 2.93. The Balaban J connectivity index is 1.97. The molecule has 5 N–H and O–H groups in total. The third kappa shape index (κ3) is 4.89. The summed E-state index contributed by atoms with van der Waals surface area (Å²) in [6, 6.07) is 3.63. The molecule has 0 spiro atoms. The number of nitrogens with zero attached hydrogens (tertiary/aromatic N) is 1. The number of carboxylic acid groups (broad SMARTS) is 1. The molecule has 0 aliphatic carbocycles. The Hall–Kier alpha value is -2.26. The van der Waals surface area contributed by atoms with Gasteiger partial charge >= 0.3 is 5.97 Å². The zero-order chi connectivity index (χ0) is 19.3. The molecule has 1 aliphatic heterocycles. The summed E-state index contributed by atoms with van der Waals surface area (Å²) in [7, 11) is 0. The minimum atomic E-state index is -1.05. The first-order chi connectivity index (χ1) is 12.3. The minimum Gasteiger partial charge on any atom is -0.508 e. The summed E-state index contributed by atoms with van der Waals surface area (Å²) in [5.74, 6) is -1.87. The average molecular weight is 381 g/mol. The van der Waals surface area contributed by atoms with Crippen LogP contribution in [0.4, 0.5) is 0 Å². The van der Waals surface area contributed by atoms with Crippen molar-refractivity contribution in [3.8, 4) is 5.75 Å². The summed E-state index contributed by atoms with van der Waals surface area (Å²) in [4.78, 5) is 37.4. The molecule has 0 saturated carbocycles. The predicted octanol–water partition coefficient (Wildman–Crippen LogP) is -0.248. The van der Waals surface area contributed by atoms with Crippen LogP contribution >= 0.6 is 12.6 Å². The zero-order valence-electron chi connectivity index (χ0n) is 14.2. The van der Waals surface area contributed by atoms with Crippen molar-refractivity contribution < 1.29 is 24.6 Å². The predicted molar refractivity (Wildman–Crippen MR) is 97.9 cm³/mol. The van der Waals surface area contributed by atoms with Crippen LogP contribution in [0.1, 0.15) is 18.4 Å².